The van der Waals surface area contributed by atoms with Crippen LogP contribution in [0.5, 0.6) is 0 Å². The number of hydrogen-bond donors (Lipinski definition) is 0. The van der Waals surface area contributed by atoms with Crippen molar-refractivity contribution >= 4 is 21.1 Å². The van der Waals surface area contributed by atoms with Crippen molar-refractivity contribution in [1.29, 1.82) is 0 Å². The van der Waals surface area contributed by atoms with Crippen molar-refractivity contribution in [2.45, 2.75) is 20.0 Å². The summed E-state index contributed by atoms with van der Waals surface area (Å²) in [6, 6.07) is 0. The molecule has 1 aliphatic rings. The Morgan fingerprint density at radius 2 is 2.00 bits per heavy atom. The maximum Gasteiger partial charge on any atom is 0.337 e. The van der Waals surface area contributed by atoms with E-state index in [1.807, 2.05) is 0 Å². The monoisotopic (exact) mass is 276 g/mol. The van der Waals surface area contributed by atoms with E-state index in [0.29, 0.717) is 0 Å². The molecule has 0 bridgehead atoms. The molecule has 7 heteroatoms. The Morgan fingerprint density at radius 3 is 2.50 bits per heavy atom. The molecule has 1 atom stereocenters. The summed E-state index contributed by atoms with van der Waals surface area (Å²) in [5.74, 6) is -1.66. The molecule has 0 saturated carbocycles. The minimum Gasteiger partial charge on any atom is -0.463 e. The summed E-state index contributed by atoms with van der Waals surface area (Å²) in [7, 11) is -2.81. The Hall–Kier alpha value is -1.47. The minimum absolute atomic E-state index is 0.0284. The molecule has 0 radical (unpaired) electrons. The van der Waals surface area contributed by atoms with Gasteiger partial charge in [-0.25, -0.2) is 9.18 Å². The lowest BCUT2D eigenvalue weighted by Gasteiger charge is -2.21. The molecule has 5 nitrogen and oxygen atoms in total. The van der Waals surface area contributed by atoms with Gasteiger partial charge in [0.2, 0.25) is 10.3 Å². The van der Waals surface area contributed by atoms with E-state index in [1.54, 1.807) is 13.8 Å². The van der Waals surface area contributed by atoms with Gasteiger partial charge in [-0.3, -0.25) is 0 Å². The standard InChI is InChI=1S/C11H13FO5S/c1-3-16-9-7(11(13)17-4-2)5-6-8(12)10(9)18(14)15/h5-6,9H,3-4H2,1-2H3. The van der Waals surface area contributed by atoms with Gasteiger partial charge in [0.1, 0.15) is 16.8 Å². The second-order valence-electron chi connectivity index (χ2n) is 3.29. The van der Waals surface area contributed by atoms with Crippen molar-refractivity contribution in [3.63, 3.8) is 0 Å². The summed E-state index contributed by atoms with van der Waals surface area (Å²) in [6.07, 6.45) is 0.828. The maximum atomic E-state index is 13.4. The van der Waals surface area contributed by atoms with Gasteiger partial charge in [0.05, 0.1) is 12.2 Å². The van der Waals surface area contributed by atoms with Crippen molar-refractivity contribution in [3.8, 4) is 0 Å². The third kappa shape index (κ3) is 3.05. The average Bonchev–Trinajstić information content (AvgIpc) is 2.29. The first kappa shape index (κ1) is 14.6. The van der Waals surface area contributed by atoms with Crippen molar-refractivity contribution in [3.05, 3.63) is 23.6 Å². The summed E-state index contributed by atoms with van der Waals surface area (Å²) in [6.45, 7) is 3.50. The summed E-state index contributed by atoms with van der Waals surface area (Å²) in [5.41, 5.74) is -0.0284. The Labute approximate surface area is 105 Å². The molecule has 1 rings (SSSR count). The fourth-order valence-corrected chi connectivity index (χ4v) is 2.08. The van der Waals surface area contributed by atoms with E-state index in [1.165, 1.54) is 6.08 Å². The lowest BCUT2D eigenvalue weighted by molar-refractivity contribution is -0.139. The first-order valence-corrected chi connectivity index (χ1v) is 6.42. The van der Waals surface area contributed by atoms with Crippen LogP contribution in [0.2, 0.25) is 0 Å². The quantitative estimate of drug-likeness (QED) is 0.561. The predicted octanol–water partition coefficient (Wildman–Crippen LogP) is 0.799. The highest BCUT2D eigenvalue weighted by molar-refractivity contribution is 7.73. The van der Waals surface area contributed by atoms with Crippen LogP contribution in [0.15, 0.2) is 23.6 Å². The summed E-state index contributed by atoms with van der Waals surface area (Å²) in [4.78, 5) is 11.0. The molecule has 100 valence electrons. The molecule has 0 fully saturated rings. The van der Waals surface area contributed by atoms with Gasteiger partial charge in [-0.2, -0.15) is 8.42 Å². The van der Waals surface area contributed by atoms with E-state index in [9.17, 15) is 17.6 Å². The van der Waals surface area contributed by atoms with Crippen LogP contribution in [0.3, 0.4) is 0 Å². The number of carbonyl (C=O) groups is 1. The molecule has 0 aromatic heterocycles. The van der Waals surface area contributed by atoms with Crippen molar-refractivity contribution in [2.75, 3.05) is 13.2 Å². The Morgan fingerprint density at radius 1 is 1.33 bits per heavy atom. The molecule has 0 aliphatic heterocycles. The van der Waals surface area contributed by atoms with Crippen molar-refractivity contribution < 1.29 is 27.1 Å². The highest BCUT2D eigenvalue weighted by Crippen LogP contribution is 2.21. The molecule has 0 saturated heterocycles. The molecule has 0 N–H and O–H groups in total. The molecule has 1 unspecified atom stereocenters. The highest BCUT2D eigenvalue weighted by atomic mass is 32.2. The zero-order valence-corrected chi connectivity index (χ0v) is 10.8. The smallest absolute Gasteiger partial charge is 0.337 e. The van der Waals surface area contributed by atoms with E-state index in [0.717, 1.165) is 6.08 Å². The fourth-order valence-electron chi connectivity index (χ4n) is 1.49. The first-order valence-electron chi connectivity index (χ1n) is 5.35. The van der Waals surface area contributed by atoms with Crippen LogP contribution in [0.4, 0.5) is 4.39 Å². The molecule has 18 heavy (non-hydrogen) atoms. The van der Waals surface area contributed by atoms with Crippen LogP contribution in [0.25, 0.3) is 0 Å². The minimum atomic E-state index is -2.81. The van der Waals surface area contributed by atoms with E-state index in [4.69, 9.17) is 9.47 Å². The second-order valence-corrected chi connectivity index (χ2v) is 4.20. The van der Waals surface area contributed by atoms with E-state index < -0.39 is 33.1 Å². The lowest BCUT2D eigenvalue weighted by atomic mass is 10.0. The number of carbonyl (C=O) groups excluding carboxylic acids is 1. The predicted molar refractivity (Wildman–Crippen MR) is 63.2 cm³/mol. The van der Waals surface area contributed by atoms with Crippen molar-refractivity contribution in [2.24, 2.45) is 0 Å². The van der Waals surface area contributed by atoms with E-state index >= 15 is 0 Å². The zero-order chi connectivity index (χ0) is 13.7. The maximum absolute atomic E-state index is 13.4. The molecular weight excluding hydrogens is 263 g/mol. The van der Waals surface area contributed by atoms with Gasteiger partial charge in [0.15, 0.2) is 0 Å². The SMILES string of the molecule is CCOC(=O)C1=CC=C(F)C(=S(=O)=O)C1OCC. The van der Waals surface area contributed by atoms with Gasteiger partial charge in [-0.05, 0) is 26.0 Å². The van der Waals surface area contributed by atoms with Gasteiger partial charge in [-0.1, -0.05) is 0 Å². The second kappa shape index (κ2) is 6.46. The summed E-state index contributed by atoms with van der Waals surface area (Å²) in [5, 5.41) is 0. The van der Waals surface area contributed by atoms with Crippen LogP contribution in [-0.2, 0) is 24.6 Å². The van der Waals surface area contributed by atoms with Crippen LogP contribution in [0.1, 0.15) is 13.8 Å². The van der Waals surface area contributed by atoms with Gasteiger partial charge >= 0.3 is 5.97 Å². The Balaban J connectivity index is 3.24. The summed E-state index contributed by atoms with van der Waals surface area (Å²) < 4.78 is 45.3. The fraction of sp³-hybridized carbons (Fsp3) is 0.455. The first-order chi connectivity index (χ1) is 8.52. The number of hydrogen-bond acceptors (Lipinski definition) is 5. The third-order valence-corrected chi connectivity index (χ3v) is 2.96. The topological polar surface area (TPSA) is 69.7 Å². The average molecular weight is 276 g/mol. The largest absolute Gasteiger partial charge is 0.463 e. The summed E-state index contributed by atoms with van der Waals surface area (Å²) >= 11 is 0. The van der Waals surface area contributed by atoms with E-state index in [-0.39, 0.29) is 18.8 Å². The molecule has 0 aromatic carbocycles. The zero-order valence-electron chi connectivity index (χ0n) is 9.97. The highest BCUT2D eigenvalue weighted by Gasteiger charge is 2.33. The Kier molecular flexibility index (Phi) is 5.24. The van der Waals surface area contributed by atoms with E-state index in [2.05, 4.69) is 0 Å². The molecule has 1 aliphatic carbocycles. The normalized spacial score (nSPS) is 19.1. The molecule has 0 aromatic rings. The number of esters is 1. The molecule has 0 amide bonds. The molecule has 0 spiro atoms. The Bertz CT molecular complexity index is 522. The van der Waals surface area contributed by atoms with Gasteiger partial charge in [0.25, 0.3) is 0 Å². The van der Waals surface area contributed by atoms with Crippen LogP contribution in [0, 0.1) is 0 Å². The van der Waals surface area contributed by atoms with Crippen LogP contribution >= 0.6 is 0 Å². The van der Waals surface area contributed by atoms with Crippen molar-refractivity contribution in [1.82, 2.24) is 0 Å². The van der Waals surface area contributed by atoms with Gasteiger partial charge in [-0.15, -0.1) is 0 Å². The van der Waals surface area contributed by atoms with Gasteiger partial charge in [0, 0.05) is 6.61 Å². The number of halogens is 1. The molecule has 0 heterocycles. The number of allylic oxidation sites excluding steroid dienone is 2. The van der Waals surface area contributed by atoms with Crippen LogP contribution in [-0.4, -0.2) is 38.6 Å². The number of rotatable bonds is 4. The lowest BCUT2D eigenvalue weighted by Crippen LogP contribution is -2.34. The third-order valence-electron chi connectivity index (χ3n) is 2.19. The van der Waals surface area contributed by atoms with Gasteiger partial charge < -0.3 is 9.47 Å². The number of ether oxygens (including phenoxy) is 2. The molecular formula is C11H13FO5S. The van der Waals surface area contributed by atoms with Crippen LogP contribution < -0.4 is 0 Å².